The number of halogens is 2. The van der Waals surface area contributed by atoms with Crippen molar-refractivity contribution in [3.05, 3.63) is 35.4 Å². The molecule has 1 aromatic carbocycles. The molecule has 0 aromatic heterocycles. The second kappa shape index (κ2) is 4.89. The molecule has 0 saturated carbocycles. The van der Waals surface area contributed by atoms with Crippen LogP contribution in [0.3, 0.4) is 0 Å². The maximum Gasteiger partial charge on any atom is 0.227 e. The van der Waals surface area contributed by atoms with Gasteiger partial charge in [0.1, 0.15) is 11.6 Å². The Morgan fingerprint density at radius 3 is 2.58 bits per heavy atom. The first kappa shape index (κ1) is 13.9. The fraction of sp³-hybridized carbons (Fsp3) is 0.500. The van der Waals surface area contributed by atoms with Gasteiger partial charge in [0.2, 0.25) is 5.91 Å². The maximum atomic E-state index is 13.4. The molecular weight excluding hydrogens is 250 g/mol. The highest BCUT2D eigenvalue weighted by Gasteiger charge is 2.43. The van der Waals surface area contributed by atoms with Crippen molar-refractivity contribution >= 4 is 5.91 Å². The van der Waals surface area contributed by atoms with Crippen molar-refractivity contribution in [2.75, 3.05) is 13.1 Å². The molecule has 2 N–H and O–H groups in total. The van der Waals surface area contributed by atoms with Crippen molar-refractivity contribution in [2.45, 2.75) is 25.8 Å². The number of amides is 1. The Labute approximate surface area is 111 Å². The second-order valence-corrected chi connectivity index (χ2v) is 5.55. The zero-order valence-electron chi connectivity index (χ0n) is 11.1. The molecule has 0 atom stereocenters. The van der Waals surface area contributed by atoms with Crippen LogP contribution in [0.25, 0.3) is 0 Å². The first-order valence-electron chi connectivity index (χ1n) is 6.32. The molecular formula is C14H18F2N2O. The Bertz CT molecular complexity index is 496. The Morgan fingerprint density at radius 2 is 2.05 bits per heavy atom. The lowest BCUT2D eigenvalue weighted by Gasteiger charge is -2.50. The predicted octanol–water partition coefficient (Wildman–Crippen LogP) is 1.70. The van der Waals surface area contributed by atoms with E-state index in [0.29, 0.717) is 19.0 Å². The minimum atomic E-state index is -0.684. The molecule has 0 bridgehead atoms. The zero-order valence-corrected chi connectivity index (χ0v) is 11.1. The third-order valence-electron chi connectivity index (χ3n) is 3.83. The van der Waals surface area contributed by atoms with Gasteiger partial charge in [-0.3, -0.25) is 4.79 Å². The Hall–Kier alpha value is -1.49. The van der Waals surface area contributed by atoms with Crippen molar-refractivity contribution in [1.82, 2.24) is 4.90 Å². The molecule has 19 heavy (non-hydrogen) atoms. The SMILES string of the molecule is CC(C)C1(N)CN(C(=O)Cc2ccc(F)cc2F)C1. The van der Waals surface area contributed by atoms with E-state index in [0.717, 1.165) is 12.1 Å². The molecule has 1 aromatic rings. The van der Waals surface area contributed by atoms with E-state index < -0.39 is 11.6 Å². The number of carbonyl (C=O) groups is 1. The fourth-order valence-corrected chi connectivity index (χ4v) is 2.15. The Balaban J connectivity index is 1.96. The van der Waals surface area contributed by atoms with Crippen LogP contribution >= 0.6 is 0 Å². The zero-order chi connectivity index (χ0) is 14.2. The van der Waals surface area contributed by atoms with Crippen molar-refractivity contribution in [3.63, 3.8) is 0 Å². The van der Waals surface area contributed by atoms with Crippen molar-refractivity contribution in [2.24, 2.45) is 11.7 Å². The lowest BCUT2D eigenvalue weighted by atomic mass is 9.80. The number of benzene rings is 1. The predicted molar refractivity (Wildman–Crippen MR) is 68.4 cm³/mol. The van der Waals surface area contributed by atoms with Crippen LogP contribution in [0.2, 0.25) is 0 Å². The lowest BCUT2D eigenvalue weighted by molar-refractivity contribution is -0.139. The highest BCUT2D eigenvalue weighted by Crippen LogP contribution is 2.26. The van der Waals surface area contributed by atoms with E-state index in [-0.39, 0.29) is 23.4 Å². The summed E-state index contributed by atoms with van der Waals surface area (Å²) in [6.07, 6.45) is -0.0553. The molecule has 1 aliphatic heterocycles. The molecule has 2 rings (SSSR count). The van der Waals surface area contributed by atoms with E-state index in [1.54, 1.807) is 4.90 Å². The average molecular weight is 268 g/mol. The molecule has 1 heterocycles. The van der Waals surface area contributed by atoms with E-state index >= 15 is 0 Å². The molecule has 0 unspecified atom stereocenters. The third kappa shape index (κ3) is 2.76. The molecule has 0 spiro atoms. The number of hydrogen-bond donors (Lipinski definition) is 1. The van der Waals surface area contributed by atoms with Crippen molar-refractivity contribution < 1.29 is 13.6 Å². The van der Waals surface area contributed by atoms with Gasteiger partial charge in [0.15, 0.2) is 0 Å². The van der Waals surface area contributed by atoms with Crippen LogP contribution in [0.4, 0.5) is 8.78 Å². The van der Waals surface area contributed by atoms with Gasteiger partial charge >= 0.3 is 0 Å². The summed E-state index contributed by atoms with van der Waals surface area (Å²) in [6.45, 7) is 5.02. The Kier molecular flexibility index (Phi) is 3.58. The van der Waals surface area contributed by atoms with Gasteiger partial charge in [-0.15, -0.1) is 0 Å². The first-order chi connectivity index (χ1) is 8.82. The summed E-state index contributed by atoms with van der Waals surface area (Å²) in [4.78, 5) is 13.6. The molecule has 0 radical (unpaired) electrons. The average Bonchev–Trinajstić information content (AvgIpc) is 2.28. The summed E-state index contributed by atoms with van der Waals surface area (Å²) in [6, 6.07) is 3.25. The normalized spacial score (nSPS) is 17.5. The maximum absolute atomic E-state index is 13.4. The smallest absolute Gasteiger partial charge is 0.227 e. The summed E-state index contributed by atoms with van der Waals surface area (Å²) in [5.74, 6) is -1.21. The minimum absolute atomic E-state index is 0.0553. The van der Waals surface area contributed by atoms with Gasteiger partial charge in [-0.2, -0.15) is 0 Å². The fourth-order valence-electron chi connectivity index (χ4n) is 2.15. The van der Waals surface area contributed by atoms with E-state index in [1.165, 1.54) is 6.07 Å². The van der Waals surface area contributed by atoms with Gasteiger partial charge in [-0.25, -0.2) is 8.78 Å². The molecule has 3 nitrogen and oxygen atoms in total. The number of nitrogens with zero attached hydrogens (tertiary/aromatic N) is 1. The van der Waals surface area contributed by atoms with Gasteiger partial charge in [0.25, 0.3) is 0 Å². The number of likely N-dealkylation sites (tertiary alicyclic amines) is 1. The first-order valence-corrected chi connectivity index (χ1v) is 6.32. The van der Waals surface area contributed by atoms with Crippen molar-refractivity contribution in [1.29, 1.82) is 0 Å². The van der Waals surface area contributed by atoms with Gasteiger partial charge in [-0.1, -0.05) is 19.9 Å². The number of nitrogens with two attached hydrogens (primary N) is 1. The van der Waals surface area contributed by atoms with Gasteiger partial charge in [-0.05, 0) is 17.5 Å². The van der Waals surface area contributed by atoms with E-state index in [1.807, 2.05) is 13.8 Å². The lowest BCUT2D eigenvalue weighted by Crippen LogP contribution is -2.71. The molecule has 1 fully saturated rings. The molecule has 104 valence electrons. The van der Waals surface area contributed by atoms with Crippen LogP contribution in [-0.4, -0.2) is 29.4 Å². The molecule has 1 saturated heterocycles. The quantitative estimate of drug-likeness (QED) is 0.907. The molecule has 0 aliphatic carbocycles. The summed E-state index contributed by atoms with van der Waals surface area (Å²) in [7, 11) is 0. The number of rotatable bonds is 3. The van der Waals surface area contributed by atoms with E-state index in [4.69, 9.17) is 5.73 Å². The summed E-state index contributed by atoms with van der Waals surface area (Å²) in [5.41, 5.74) is 5.98. The number of hydrogen-bond acceptors (Lipinski definition) is 2. The molecule has 5 heteroatoms. The summed E-state index contributed by atoms with van der Waals surface area (Å²) >= 11 is 0. The molecule has 1 aliphatic rings. The Morgan fingerprint density at radius 1 is 1.42 bits per heavy atom. The standard InChI is InChI=1S/C14H18F2N2O/c1-9(2)14(17)7-18(8-14)13(19)5-10-3-4-11(15)6-12(10)16/h3-4,6,9H,5,7-8,17H2,1-2H3. The largest absolute Gasteiger partial charge is 0.339 e. The molecule has 1 amide bonds. The summed E-state index contributed by atoms with van der Waals surface area (Å²) < 4.78 is 26.2. The number of carbonyl (C=O) groups excluding carboxylic acids is 1. The van der Waals surface area contributed by atoms with Crippen LogP contribution in [0.1, 0.15) is 19.4 Å². The van der Waals surface area contributed by atoms with Crippen LogP contribution in [0, 0.1) is 17.6 Å². The van der Waals surface area contributed by atoms with Crippen LogP contribution in [0.15, 0.2) is 18.2 Å². The van der Waals surface area contributed by atoms with Gasteiger partial charge < -0.3 is 10.6 Å². The monoisotopic (exact) mass is 268 g/mol. The second-order valence-electron chi connectivity index (χ2n) is 5.55. The van der Waals surface area contributed by atoms with Crippen LogP contribution in [0.5, 0.6) is 0 Å². The highest BCUT2D eigenvalue weighted by molar-refractivity contribution is 5.80. The van der Waals surface area contributed by atoms with Gasteiger partial charge in [0, 0.05) is 19.2 Å². The van der Waals surface area contributed by atoms with Crippen LogP contribution in [-0.2, 0) is 11.2 Å². The van der Waals surface area contributed by atoms with E-state index in [2.05, 4.69) is 0 Å². The minimum Gasteiger partial charge on any atom is -0.339 e. The topological polar surface area (TPSA) is 46.3 Å². The summed E-state index contributed by atoms with van der Waals surface area (Å²) in [5, 5.41) is 0. The van der Waals surface area contributed by atoms with Crippen molar-refractivity contribution in [3.8, 4) is 0 Å². The highest BCUT2D eigenvalue weighted by atomic mass is 19.1. The van der Waals surface area contributed by atoms with Gasteiger partial charge in [0.05, 0.1) is 12.0 Å². The third-order valence-corrected chi connectivity index (χ3v) is 3.83. The van der Waals surface area contributed by atoms with Crippen LogP contribution < -0.4 is 5.73 Å². The van der Waals surface area contributed by atoms with E-state index in [9.17, 15) is 13.6 Å².